The number of H-pyrrole nitrogens is 1. The van der Waals surface area contributed by atoms with Gasteiger partial charge in [-0.2, -0.15) is 0 Å². The van der Waals surface area contributed by atoms with Crippen LogP contribution in [0.25, 0.3) is 11.3 Å². The number of hydrogen-bond acceptors (Lipinski definition) is 8. The number of anilines is 3. The molecule has 2 aromatic heterocycles. The number of piperazine rings is 1. The van der Waals surface area contributed by atoms with Crippen molar-refractivity contribution >= 4 is 17.6 Å². The molecule has 1 saturated heterocycles. The number of aromatic nitrogens is 4. The molecule has 0 bridgehead atoms. The van der Waals surface area contributed by atoms with Crippen LogP contribution in [0.5, 0.6) is 5.75 Å². The van der Waals surface area contributed by atoms with Gasteiger partial charge in [-0.25, -0.2) is 15.0 Å². The molecule has 0 atom stereocenters. The van der Waals surface area contributed by atoms with Gasteiger partial charge in [-0.05, 0) is 45.2 Å². The molecule has 9 heteroatoms. The molecule has 31 heavy (non-hydrogen) atoms. The minimum atomic E-state index is -0.249. The van der Waals surface area contributed by atoms with Crippen LogP contribution in [0.3, 0.4) is 0 Å². The summed E-state index contributed by atoms with van der Waals surface area (Å²) in [6.45, 7) is 8.23. The highest BCUT2D eigenvalue weighted by Crippen LogP contribution is 2.23. The van der Waals surface area contributed by atoms with Crippen LogP contribution in [0.1, 0.15) is 12.6 Å². The van der Waals surface area contributed by atoms with E-state index in [1.54, 1.807) is 6.20 Å². The van der Waals surface area contributed by atoms with Gasteiger partial charge in [0.05, 0.1) is 18.0 Å². The van der Waals surface area contributed by atoms with Crippen LogP contribution in [0, 0.1) is 6.92 Å². The lowest BCUT2D eigenvalue weighted by Gasteiger charge is -2.32. The summed E-state index contributed by atoms with van der Waals surface area (Å²) in [4.78, 5) is 33.3. The maximum Gasteiger partial charge on any atom is 0.252 e. The molecule has 1 fully saturated rings. The Bertz CT molecular complexity index is 1090. The molecule has 0 spiro atoms. The minimum absolute atomic E-state index is 0.249. The second-order valence-electron chi connectivity index (χ2n) is 7.52. The largest absolute Gasteiger partial charge is 0.494 e. The van der Waals surface area contributed by atoms with Crippen molar-refractivity contribution in [3.8, 4) is 17.0 Å². The average Bonchev–Trinajstić information content (AvgIpc) is 2.75. The summed E-state index contributed by atoms with van der Waals surface area (Å²) in [6, 6.07) is 8.93. The molecule has 162 valence electrons. The lowest BCUT2D eigenvalue weighted by atomic mass is 10.2. The monoisotopic (exact) mass is 421 g/mol. The molecule has 3 aromatic rings. The standard InChI is InChI=1S/C22H27N7O2/c1-4-31-17-7-5-16(6-8-17)25-21-26-19(13-20(30)27-21)18-14-23-22(24-15(18)2)29-11-9-28(3)10-12-29/h5-8,13-14H,4,9-12H2,1-3H3,(H2,25,26,27,30). The Hall–Kier alpha value is -3.46. The molecule has 0 amide bonds. The SMILES string of the molecule is CCOc1ccc(Nc2nc(-c3cnc(N4CCN(C)CC4)nc3C)cc(=O)[nH]2)cc1. The molecular formula is C22H27N7O2. The van der Waals surface area contributed by atoms with E-state index in [-0.39, 0.29) is 5.56 Å². The maximum absolute atomic E-state index is 12.3. The van der Waals surface area contributed by atoms with Gasteiger partial charge < -0.3 is 19.9 Å². The molecule has 3 heterocycles. The van der Waals surface area contributed by atoms with Crippen molar-refractivity contribution in [1.82, 2.24) is 24.8 Å². The van der Waals surface area contributed by atoms with Crippen molar-refractivity contribution in [2.75, 3.05) is 50.1 Å². The molecule has 1 aromatic carbocycles. The predicted molar refractivity (Wildman–Crippen MR) is 121 cm³/mol. The lowest BCUT2D eigenvalue weighted by Crippen LogP contribution is -2.45. The third-order valence-electron chi connectivity index (χ3n) is 5.20. The average molecular weight is 422 g/mol. The zero-order chi connectivity index (χ0) is 21.8. The van der Waals surface area contributed by atoms with Crippen molar-refractivity contribution in [3.05, 3.63) is 52.6 Å². The van der Waals surface area contributed by atoms with Gasteiger partial charge in [0.1, 0.15) is 5.75 Å². The molecule has 0 radical (unpaired) electrons. The first-order valence-electron chi connectivity index (χ1n) is 10.4. The number of hydrogen-bond donors (Lipinski definition) is 2. The van der Waals surface area contributed by atoms with Crippen molar-refractivity contribution in [3.63, 3.8) is 0 Å². The summed E-state index contributed by atoms with van der Waals surface area (Å²) in [6.07, 6.45) is 1.75. The van der Waals surface area contributed by atoms with E-state index in [2.05, 4.69) is 42.1 Å². The first-order chi connectivity index (χ1) is 15.0. The fraction of sp³-hybridized carbons (Fsp3) is 0.364. The quantitative estimate of drug-likeness (QED) is 0.626. The van der Waals surface area contributed by atoms with E-state index in [9.17, 15) is 4.79 Å². The maximum atomic E-state index is 12.3. The summed E-state index contributed by atoms with van der Waals surface area (Å²) in [5.74, 6) is 1.86. The predicted octanol–water partition coefficient (Wildman–Crippen LogP) is 2.43. The molecule has 9 nitrogen and oxygen atoms in total. The second kappa shape index (κ2) is 9.13. The molecule has 0 aliphatic carbocycles. The van der Waals surface area contributed by atoms with E-state index in [1.165, 1.54) is 6.07 Å². The van der Waals surface area contributed by atoms with E-state index in [0.29, 0.717) is 24.2 Å². The Morgan fingerprint density at radius 1 is 1.13 bits per heavy atom. The number of ether oxygens (including phenoxy) is 1. The third-order valence-corrected chi connectivity index (χ3v) is 5.20. The Balaban J connectivity index is 1.55. The van der Waals surface area contributed by atoms with E-state index >= 15 is 0 Å². The summed E-state index contributed by atoms with van der Waals surface area (Å²) >= 11 is 0. The highest BCUT2D eigenvalue weighted by Gasteiger charge is 2.18. The Morgan fingerprint density at radius 2 is 1.87 bits per heavy atom. The van der Waals surface area contributed by atoms with Gasteiger partial charge in [0, 0.05) is 49.7 Å². The number of rotatable bonds is 6. The number of aromatic amines is 1. The van der Waals surface area contributed by atoms with Gasteiger partial charge >= 0.3 is 0 Å². The van der Waals surface area contributed by atoms with Crippen LogP contribution >= 0.6 is 0 Å². The molecule has 4 rings (SSSR count). The summed E-state index contributed by atoms with van der Waals surface area (Å²) in [7, 11) is 2.12. The van der Waals surface area contributed by atoms with Gasteiger partial charge in [-0.1, -0.05) is 0 Å². The highest BCUT2D eigenvalue weighted by molar-refractivity contribution is 5.64. The van der Waals surface area contributed by atoms with Gasteiger partial charge in [0.25, 0.3) is 5.56 Å². The number of likely N-dealkylation sites (N-methyl/N-ethyl adjacent to an activating group) is 1. The van der Waals surface area contributed by atoms with Crippen molar-refractivity contribution < 1.29 is 4.74 Å². The minimum Gasteiger partial charge on any atom is -0.494 e. The summed E-state index contributed by atoms with van der Waals surface area (Å²) in [5.41, 5.74) is 2.59. The van der Waals surface area contributed by atoms with Crippen molar-refractivity contribution in [2.24, 2.45) is 0 Å². The van der Waals surface area contributed by atoms with Gasteiger partial charge in [0.15, 0.2) is 0 Å². The third kappa shape index (κ3) is 5.00. The summed E-state index contributed by atoms with van der Waals surface area (Å²) < 4.78 is 5.46. The van der Waals surface area contributed by atoms with E-state index in [1.807, 2.05) is 38.1 Å². The van der Waals surface area contributed by atoms with Gasteiger partial charge in [-0.15, -0.1) is 0 Å². The Kier molecular flexibility index (Phi) is 6.13. The van der Waals surface area contributed by atoms with Crippen LogP contribution in [0.2, 0.25) is 0 Å². The summed E-state index contributed by atoms with van der Waals surface area (Å²) in [5, 5.41) is 3.13. The zero-order valence-electron chi connectivity index (χ0n) is 18.1. The molecular weight excluding hydrogens is 394 g/mol. The van der Waals surface area contributed by atoms with Crippen LogP contribution < -0.4 is 20.5 Å². The second-order valence-corrected chi connectivity index (χ2v) is 7.52. The lowest BCUT2D eigenvalue weighted by molar-refractivity contribution is 0.311. The van der Waals surface area contributed by atoms with E-state index in [4.69, 9.17) is 4.74 Å². The van der Waals surface area contributed by atoms with E-state index in [0.717, 1.165) is 48.9 Å². The number of nitrogens with one attached hydrogen (secondary N) is 2. The normalized spacial score (nSPS) is 14.5. The van der Waals surface area contributed by atoms with Crippen LogP contribution in [-0.2, 0) is 0 Å². The first kappa shape index (κ1) is 20.8. The van der Waals surface area contributed by atoms with Gasteiger partial charge in [0.2, 0.25) is 11.9 Å². The molecule has 2 N–H and O–H groups in total. The first-order valence-corrected chi connectivity index (χ1v) is 10.4. The Labute approximate surface area is 181 Å². The number of aryl methyl sites for hydroxylation is 1. The number of nitrogens with zero attached hydrogens (tertiary/aromatic N) is 5. The van der Waals surface area contributed by atoms with Crippen LogP contribution in [0.15, 0.2) is 41.3 Å². The van der Waals surface area contributed by atoms with Crippen molar-refractivity contribution in [2.45, 2.75) is 13.8 Å². The Morgan fingerprint density at radius 3 is 2.55 bits per heavy atom. The fourth-order valence-electron chi connectivity index (χ4n) is 3.46. The zero-order valence-corrected chi connectivity index (χ0v) is 18.1. The topological polar surface area (TPSA) is 99.3 Å². The van der Waals surface area contributed by atoms with Crippen LogP contribution in [-0.4, -0.2) is 64.7 Å². The van der Waals surface area contributed by atoms with Crippen LogP contribution in [0.4, 0.5) is 17.6 Å². The number of benzene rings is 1. The smallest absolute Gasteiger partial charge is 0.252 e. The van der Waals surface area contributed by atoms with E-state index < -0.39 is 0 Å². The fourth-order valence-corrected chi connectivity index (χ4v) is 3.46. The van der Waals surface area contributed by atoms with Gasteiger partial charge in [-0.3, -0.25) is 9.78 Å². The molecule has 0 unspecified atom stereocenters. The molecule has 0 saturated carbocycles. The molecule has 1 aliphatic heterocycles. The highest BCUT2D eigenvalue weighted by atomic mass is 16.5. The molecule has 1 aliphatic rings. The van der Waals surface area contributed by atoms with Crippen molar-refractivity contribution in [1.29, 1.82) is 0 Å².